The van der Waals surface area contributed by atoms with E-state index < -0.39 is 77.7 Å². The average Bonchev–Trinajstić information content (AvgIpc) is 2.74. The number of carbonyl (C=O) groups excluding carboxylic acids is 4. The van der Waals surface area contributed by atoms with Crippen molar-refractivity contribution in [2.45, 2.75) is 114 Å². The molecule has 1 rings (SSSR count). The van der Waals surface area contributed by atoms with E-state index in [4.69, 9.17) is 4.74 Å². The highest BCUT2D eigenvalue weighted by Gasteiger charge is 2.80. The second-order valence-electron chi connectivity index (χ2n) is 8.33. The summed E-state index contributed by atoms with van der Waals surface area (Å²) in [5.74, 6) is -4.60. The lowest BCUT2D eigenvalue weighted by Crippen LogP contribution is -2.87. The van der Waals surface area contributed by atoms with Gasteiger partial charge in [0.05, 0.1) is 0 Å². The number of rotatable bonds is 13. The van der Waals surface area contributed by atoms with Crippen LogP contribution in [0.1, 0.15) is 79.1 Å². The molecule has 1 saturated heterocycles. The third kappa shape index (κ3) is 4.32. The van der Waals surface area contributed by atoms with Gasteiger partial charge in [-0.05, 0) is 25.7 Å². The van der Waals surface area contributed by atoms with Gasteiger partial charge in [0.15, 0.2) is 35.0 Å². The van der Waals surface area contributed by atoms with Crippen LogP contribution < -0.4 is 0 Å². The standard InChI is InChI=1S/C22H36O10/c1-5-9-13(23)17(27)18-20(29,14(24)10-6-2)22(31,16(26)12-8-4)21(30,19(28)32-18)15(25)11-7-3/h17-19,27-31H,5-12H2,1-4H3/t17?,18-,19?,20-,21+,22+/m1/s1. The van der Waals surface area contributed by atoms with Crippen LogP contribution in [0.2, 0.25) is 0 Å². The van der Waals surface area contributed by atoms with Crippen LogP contribution in [0.3, 0.4) is 0 Å². The number of ketones is 4. The molecule has 10 nitrogen and oxygen atoms in total. The molecule has 6 atom stereocenters. The van der Waals surface area contributed by atoms with Crippen LogP contribution in [0.25, 0.3) is 0 Å². The Balaban J connectivity index is 3.93. The summed E-state index contributed by atoms with van der Waals surface area (Å²) in [5.41, 5.74) is -10.3. The molecule has 0 radical (unpaired) electrons. The second-order valence-corrected chi connectivity index (χ2v) is 8.33. The fourth-order valence-corrected chi connectivity index (χ4v) is 4.25. The molecule has 32 heavy (non-hydrogen) atoms. The number of ether oxygens (including phenoxy) is 1. The highest BCUT2D eigenvalue weighted by atomic mass is 16.7. The van der Waals surface area contributed by atoms with Gasteiger partial charge in [-0.2, -0.15) is 0 Å². The van der Waals surface area contributed by atoms with Crippen molar-refractivity contribution in [1.82, 2.24) is 0 Å². The molecule has 0 amide bonds. The Morgan fingerprint density at radius 3 is 1.59 bits per heavy atom. The number of aliphatic hydroxyl groups excluding tert-OH is 2. The average molecular weight is 461 g/mol. The van der Waals surface area contributed by atoms with E-state index in [2.05, 4.69) is 0 Å². The first kappa shape index (κ1) is 28.5. The Labute approximate surface area is 187 Å². The van der Waals surface area contributed by atoms with Crippen LogP contribution in [-0.2, 0) is 23.9 Å². The Bertz CT molecular complexity index is 722. The van der Waals surface area contributed by atoms with Crippen LogP contribution in [0, 0.1) is 0 Å². The molecule has 0 saturated carbocycles. The summed E-state index contributed by atoms with van der Waals surface area (Å²) >= 11 is 0. The molecule has 10 heteroatoms. The lowest BCUT2D eigenvalue weighted by molar-refractivity contribution is -0.365. The van der Waals surface area contributed by atoms with Gasteiger partial charge in [0, 0.05) is 25.7 Å². The molecule has 1 aliphatic rings. The molecule has 2 unspecified atom stereocenters. The first-order chi connectivity index (χ1) is 14.9. The van der Waals surface area contributed by atoms with Gasteiger partial charge < -0.3 is 30.3 Å². The van der Waals surface area contributed by atoms with Crippen LogP contribution in [-0.4, -0.2) is 84.0 Å². The summed E-state index contributed by atoms with van der Waals surface area (Å²) < 4.78 is 5.14. The van der Waals surface area contributed by atoms with E-state index in [1.165, 1.54) is 0 Å². The molecule has 1 fully saturated rings. The smallest absolute Gasteiger partial charge is 0.213 e. The maximum atomic E-state index is 13.2. The largest absolute Gasteiger partial charge is 0.382 e. The van der Waals surface area contributed by atoms with E-state index in [-0.39, 0.29) is 25.7 Å². The van der Waals surface area contributed by atoms with Gasteiger partial charge in [-0.3, -0.25) is 19.2 Å². The number of hydrogen-bond acceptors (Lipinski definition) is 10. The fourth-order valence-electron chi connectivity index (χ4n) is 4.25. The van der Waals surface area contributed by atoms with Crippen molar-refractivity contribution in [2.24, 2.45) is 0 Å². The zero-order valence-corrected chi connectivity index (χ0v) is 19.2. The predicted octanol–water partition coefficient (Wildman–Crippen LogP) is -0.265. The van der Waals surface area contributed by atoms with Gasteiger partial charge >= 0.3 is 0 Å². The molecule has 5 N–H and O–H groups in total. The maximum absolute atomic E-state index is 13.2. The molecule has 0 aromatic carbocycles. The molecule has 0 spiro atoms. The molecule has 0 aromatic heterocycles. The van der Waals surface area contributed by atoms with E-state index in [1.807, 2.05) is 0 Å². The van der Waals surface area contributed by atoms with Crippen molar-refractivity contribution < 1.29 is 49.4 Å². The van der Waals surface area contributed by atoms with Crippen molar-refractivity contribution in [1.29, 1.82) is 0 Å². The first-order valence-corrected chi connectivity index (χ1v) is 11.2. The number of aliphatic hydroxyl groups is 5. The molecule has 0 aliphatic carbocycles. The van der Waals surface area contributed by atoms with Gasteiger partial charge in [-0.1, -0.05) is 27.7 Å². The summed E-state index contributed by atoms with van der Waals surface area (Å²) in [6.45, 7) is 6.32. The number of Topliss-reactive ketones (excluding diaryl/α,β-unsaturated/α-hetero) is 4. The van der Waals surface area contributed by atoms with Gasteiger partial charge in [-0.25, -0.2) is 0 Å². The lowest BCUT2D eigenvalue weighted by Gasteiger charge is -2.57. The minimum Gasteiger partial charge on any atom is -0.382 e. The monoisotopic (exact) mass is 460 g/mol. The van der Waals surface area contributed by atoms with E-state index in [1.54, 1.807) is 27.7 Å². The third-order valence-corrected chi connectivity index (χ3v) is 5.95. The normalized spacial score (nSPS) is 33.5. The van der Waals surface area contributed by atoms with Crippen molar-refractivity contribution in [2.75, 3.05) is 0 Å². The van der Waals surface area contributed by atoms with Gasteiger partial charge in [-0.15, -0.1) is 0 Å². The van der Waals surface area contributed by atoms with E-state index in [9.17, 15) is 44.7 Å². The lowest BCUT2D eigenvalue weighted by atomic mass is 9.58. The van der Waals surface area contributed by atoms with Crippen LogP contribution in [0.5, 0.6) is 0 Å². The third-order valence-electron chi connectivity index (χ3n) is 5.95. The molecular formula is C22H36O10. The van der Waals surface area contributed by atoms with Gasteiger partial charge in [0.1, 0.15) is 12.2 Å². The van der Waals surface area contributed by atoms with Crippen molar-refractivity contribution >= 4 is 23.1 Å². The Morgan fingerprint density at radius 1 is 0.750 bits per heavy atom. The van der Waals surface area contributed by atoms with E-state index in [0.29, 0.717) is 6.42 Å². The van der Waals surface area contributed by atoms with Gasteiger partial charge in [0.25, 0.3) is 0 Å². The summed E-state index contributed by atoms with van der Waals surface area (Å²) in [5, 5.41) is 55.8. The fraction of sp³-hybridized carbons (Fsp3) is 0.818. The van der Waals surface area contributed by atoms with Crippen LogP contribution in [0.4, 0.5) is 0 Å². The Kier molecular flexibility index (Phi) is 9.82. The molecule has 1 aliphatic heterocycles. The summed E-state index contributed by atoms with van der Waals surface area (Å²) in [6, 6.07) is 0. The zero-order valence-electron chi connectivity index (χ0n) is 19.2. The number of carbonyl (C=O) groups is 4. The SMILES string of the molecule is CCCC(=O)C(O)[C@H]1OC(O)[C@@](O)(C(=O)CCC)[C@](O)(C(=O)CCC)[C@@]1(O)C(=O)CCC. The molecule has 0 bridgehead atoms. The van der Waals surface area contributed by atoms with Crippen molar-refractivity contribution in [3.8, 4) is 0 Å². The first-order valence-electron chi connectivity index (χ1n) is 11.2. The van der Waals surface area contributed by atoms with Crippen molar-refractivity contribution in [3.05, 3.63) is 0 Å². The minimum atomic E-state index is -3.57. The quantitative estimate of drug-likeness (QED) is 0.246. The minimum absolute atomic E-state index is 0.107. The van der Waals surface area contributed by atoms with E-state index in [0.717, 1.165) is 0 Å². The number of hydrogen-bond donors (Lipinski definition) is 5. The second kappa shape index (κ2) is 11.0. The highest BCUT2D eigenvalue weighted by molar-refractivity contribution is 6.07. The highest BCUT2D eigenvalue weighted by Crippen LogP contribution is 2.48. The summed E-state index contributed by atoms with van der Waals surface area (Å²) in [6.07, 6.45) is -7.94. The summed E-state index contributed by atoms with van der Waals surface area (Å²) in [4.78, 5) is 51.6. The summed E-state index contributed by atoms with van der Waals surface area (Å²) in [7, 11) is 0. The van der Waals surface area contributed by atoms with Crippen molar-refractivity contribution in [3.63, 3.8) is 0 Å². The molecule has 1 heterocycles. The predicted molar refractivity (Wildman–Crippen MR) is 111 cm³/mol. The zero-order chi connectivity index (χ0) is 24.9. The maximum Gasteiger partial charge on any atom is 0.213 e. The van der Waals surface area contributed by atoms with Gasteiger partial charge in [0.2, 0.25) is 11.2 Å². The Morgan fingerprint density at radius 2 is 1.16 bits per heavy atom. The topological polar surface area (TPSA) is 179 Å². The molecule has 0 aromatic rings. The Hall–Kier alpha value is -1.56. The molecular weight excluding hydrogens is 424 g/mol. The van der Waals surface area contributed by atoms with E-state index >= 15 is 0 Å². The van der Waals surface area contributed by atoms with Crippen LogP contribution >= 0.6 is 0 Å². The molecule has 184 valence electrons. The van der Waals surface area contributed by atoms with Crippen LogP contribution in [0.15, 0.2) is 0 Å².